The summed E-state index contributed by atoms with van der Waals surface area (Å²) < 4.78 is 0. The molecule has 73 valence electrons. The SMILES string of the molecule is CCc1[c-]cc(-c2cnccn2)nc1.[Y]. The van der Waals surface area contributed by atoms with Crippen LogP contribution in [0.25, 0.3) is 11.4 Å². The number of aryl methyl sites for hydroxylation is 1. The molecule has 0 spiro atoms. The average Bonchev–Trinajstić information content (AvgIpc) is 2.30. The van der Waals surface area contributed by atoms with Gasteiger partial charge in [-0.15, -0.1) is 11.6 Å². The summed E-state index contributed by atoms with van der Waals surface area (Å²) in [5.74, 6) is 0. The van der Waals surface area contributed by atoms with Crippen LogP contribution in [0, 0.1) is 6.07 Å². The van der Waals surface area contributed by atoms with Gasteiger partial charge in [0, 0.05) is 51.3 Å². The summed E-state index contributed by atoms with van der Waals surface area (Å²) in [6.07, 6.45) is 7.78. The molecule has 2 rings (SSSR count). The molecule has 0 N–H and O–H groups in total. The van der Waals surface area contributed by atoms with E-state index in [2.05, 4.69) is 27.9 Å². The maximum absolute atomic E-state index is 4.29. The van der Waals surface area contributed by atoms with E-state index in [1.54, 1.807) is 18.6 Å². The molecule has 0 aliphatic carbocycles. The van der Waals surface area contributed by atoms with Gasteiger partial charge in [0.1, 0.15) is 0 Å². The van der Waals surface area contributed by atoms with Crippen LogP contribution in [0.4, 0.5) is 0 Å². The summed E-state index contributed by atoms with van der Waals surface area (Å²) >= 11 is 0. The van der Waals surface area contributed by atoms with E-state index < -0.39 is 0 Å². The number of hydrogen-bond donors (Lipinski definition) is 0. The van der Waals surface area contributed by atoms with Gasteiger partial charge >= 0.3 is 0 Å². The topological polar surface area (TPSA) is 38.7 Å². The maximum atomic E-state index is 4.29. The van der Waals surface area contributed by atoms with E-state index in [-0.39, 0.29) is 32.7 Å². The fourth-order valence-electron chi connectivity index (χ4n) is 1.15. The van der Waals surface area contributed by atoms with E-state index in [1.165, 1.54) is 0 Å². The molecule has 4 heteroatoms. The molecule has 0 bridgehead atoms. The molecular formula is C11H10N3Y-. The average molecular weight is 273 g/mol. The second-order valence-corrected chi connectivity index (χ2v) is 2.90. The number of pyridine rings is 1. The minimum atomic E-state index is 0. The molecule has 15 heavy (non-hydrogen) atoms. The van der Waals surface area contributed by atoms with Gasteiger partial charge in [0.05, 0.1) is 5.69 Å². The summed E-state index contributed by atoms with van der Waals surface area (Å²) in [6, 6.07) is 5.00. The summed E-state index contributed by atoms with van der Waals surface area (Å²) in [5.41, 5.74) is 2.71. The van der Waals surface area contributed by atoms with Crippen molar-refractivity contribution in [3.63, 3.8) is 0 Å². The standard InChI is InChI=1S/C11H10N3.Y/c1-2-9-3-4-10(14-7-9)11-8-12-5-6-13-11;/h4-8H,2H2,1H3;/q-1;. The third-order valence-electron chi connectivity index (χ3n) is 1.96. The van der Waals surface area contributed by atoms with Crippen molar-refractivity contribution in [1.82, 2.24) is 15.0 Å². The maximum Gasteiger partial charge on any atom is 0.0511 e. The predicted molar refractivity (Wildman–Crippen MR) is 53.5 cm³/mol. The zero-order valence-electron chi connectivity index (χ0n) is 8.51. The molecule has 1 radical (unpaired) electrons. The Balaban J connectivity index is 0.00000112. The third kappa shape index (κ3) is 3.15. The van der Waals surface area contributed by atoms with E-state index >= 15 is 0 Å². The van der Waals surface area contributed by atoms with Gasteiger partial charge in [-0.05, 0) is 5.69 Å². The van der Waals surface area contributed by atoms with Crippen LogP contribution in [0.5, 0.6) is 0 Å². The van der Waals surface area contributed by atoms with Crippen molar-refractivity contribution in [3.05, 3.63) is 42.5 Å². The van der Waals surface area contributed by atoms with Gasteiger partial charge < -0.3 is 4.98 Å². The van der Waals surface area contributed by atoms with Gasteiger partial charge in [-0.1, -0.05) is 19.5 Å². The van der Waals surface area contributed by atoms with Crippen LogP contribution >= 0.6 is 0 Å². The molecule has 0 fully saturated rings. The van der Waals surface area contributed by atoms with Crippen molar-refractivity contribution >= 4 is 0 Å². The Labute approximate surface area is 114 Å². The van der Waals surface area contributed by atoms with Gasteiger partial charge in [-0.2, -0.15) is 6.07 Å². The van der Waals surface area contributed by atoms with E-state index in [0.29, 0.717) is 0 Å². The molecular weight excluding hydrogens is 263 g/mol. The monoisotopic (exact) mass is 273 g/mol. The van der Waals surface area contributed by atoms with Crippen molar-refractivity contribution in [2.75, 3.05) is 0 Å². The van der Waals surface area contributed by atoms with Crippen LogP contribution in [0.2, 0.25) is 0 Å². The molecule has 2 heterocycles. The number of rotatable bonds is 2. The molecule has 2 aromatic rings. The second-order valence-electron chi connectivity index (χ2n) is 2.90. The summed E-state index contributed by atoms with van der Waals surface area (Å²) in [7, 11) is 0. The van der Waals surface area contributed by atoms with Gasteiger partial charge in [-0.3, -0.25) is 9.97 Å². The van der Waals surface area contributed by atoms with Crippen molar-refractivity contribution in [3.8, 4) is 11.4 Å². The minimum Gasteiger partial charge on any atom is -0.381 e. The van der Waals surface area contributed by atoms with Crippen molar-refractivity contribution in [1.29, 1.82) is 0 Å². The van der Waals surface area contributed by atoms with Crippen molar-refractivity contribution in [2.24, 2.45) is 0 Å². The van der Waals surface area contributed by atoms with Gasteiger partial charge in [0.25, 0.3) is 0 Å². The van der Waals surface area contributed by atoms with Gasteiger partial charge in [0.15, 0.2) is 0 Å². The largest absolute Gasteiger partial charge is 0.381 e. The van der Waals surface area contributed by atoms with Crippen LogP contribution in [-0.2, 0) is 39.1 Å². The molecule has 0 saturated carbocycles. The number of nitrogens with zero attached hydrogens (tertiary/aromatic N) is 3. The Morgan fingerprint density at radius 1 is 1.13 bits per heavy atom. The smallest absolute Gasteiger partial charge is 0.0511 e. The molecule has 0 aromatic carbocycles. The van der Waals surface area contributed by atoms with Crippen molar-refractivity contribution in [2.45, 2.75) is 13.3 Å². The van der Waals surface area contributed by atoms with E-state index in [4.69, 9.17) is 0 Å². The van der Waals surface area contributed by atoms with Crippen molar-refractivity contribution < 1.29 is 32.7 Å². The quantitative estimate of drug-likeness (QED) is 0.784. The van der Waals surface area contributed by atoms with E-state index in [1.807, 2.05) is 12.3 Å². The normalized spacial score (nSPS) is 9.40. The molecule has 0 unspecified atom stereocenters. The minimum absolute atomic E-state index is 0. The van der Waals surface area contributed by atoms with Crippen LogP contribution < -0.4 is 0 Å². The van der Waals surface area contributed by atoms with Crippen LogP contribution in [0.1, 0.15) is 12.5 Å². The second kappa shape index (κ2) is 6.03. The fourth-order valence-corrected chi connectivity index (χ4v) is 1.15. The fraction of sp³-hybridized carbons (Fsp3) is 0.182. The molecule has 0 aliphatic rings. The Morgan fingerprint density at radius 2 is 2.00 bits per heavy atom. The van der Waals surface area contributed by atoms with Crippen LogP contribution in [0.3, 0.4) is 0 Å². The van der Waals surface area contributed by atoms with Gasteiger partial charge in [-0.25, -0.2) is 0 Å². The van der Waals surface area contributed by atoms with Crippen LogP contribution in [0.15, 0.2) is 30.9 Å². The zero-order chi connectivity index (χ0) is 9.80. The van der Waals surface area contributed by atoms with Gasteiger partial charge in [0.2, 0.25) is 0 Å². The predicted octanol–water partition coefficient (Wildman–Crippen LogP) is 1.90. The first-order valence-corrected chi connectivity index (χ1v) is 4.53. The molecule has 0 amide bonds. The molecule has 0 saturated heterocycles. The number of aromatic nitrogens is 3. The Kier molecular flexibility index (Phi) is 4.99. The summed E-state index contributed by atoms with van der Waals surface area (Å²) in [5, 5.41) is 0. The van der Waals surface area contributed by atoms with E-state index in [9.17, 15) is 0 Å². The summed E-state index contributed by atoms with van der Waals surface area (Å²) in [6.45, 7) is 2.08. The zero-order valence-corrected chi connectivity index (χ0v) is 11.4. The molecule has 2 aromatic heterocycles. The molecule has 0 atom stereocenters. The van der Waals surface area contributed by atoms with Crippen LogP contribution in [-0.4, -0.2) is 15.0 Å². The molecule has 0 aliphatic heterocycles. The first-order valence-electron chi connectivity index (χ1n) is 4.53. The Hall–Kier alpha value is -0.666. The first-order chi connectivity index (χ1) is 6.90. The van der Waals surface area contributed by atoms with E-state index in [0.717, 1.165) is 23.4 Å². The third-order valence-corrected chi connectivity index (χ3v) is 1.96. The number of hydrogen-bond acceptors (Lipinski definition) is 3. The first kappa shape index (κ1) is 12.4. The Morgan fingerprint density at radius 3 is 2.53 bits per heavy atom. The Bertz CT molecular complexity index is 400. The summed E-state index contributed by atoms with van der Waals surface area (Å²) in [4.78, 5) is 12.4. The molecule has 3 nitrogen and oxygen atoms in total.